The van der Waals surface area contributed by atoms with Crippen LogP contribution in [0.15, 0.2) is 16.9 Å². The van der Waals surface area contributed by atoms with Crippen molar-refractivity contribution in [3.63, 3.8) is 0 Å². The summed E-state index contributed by atoms with van der Waals surface area (Å²) in [6.45, 7) is 14.0. The van der Waals surface area contributed by atoms with Crippen molar-refractivity contribution in [1.29, 1.82) is 0 Å². The molecule has 0 spiro atoms. The molecule has 0 saturated carbocycles. The molecular weight excluding hydrogens is 504 g/mol. The van der Waals surface area contributed by atoms with Gasteiger partial charge in [0, 0.05) is 38.8 Å². The molecule has 5 heterocycles. The molecule has 0 unspecified atom stereocenters. The average Bonchev–Trinajstić information content (AvgIpc) is 3.62. The van der Waals surface area contributed by atoms with Gasteiger partial charge < -0.3 is 34.8 Å². The number of nitrogens with one attached hydrogen (secondary N) is 2. The van der Waals surface area contributed by atoms with E-state index in [0.29, 0.717) is 48.2 Å². The van der Waals surface area contributed by atoms with Crippen LogP contribution in [0.25, 0.3) is 11.2 Å². The Bertz CT molecular complexity index is 1230. The van der Waals surface area contributed by atoms with Crippen LogP contribution in [0.3, 0.4) is 0 Å². The van der Waals surface area contributed by atoms with Crippen LogP contribution in [-0.4, -0.2) is 97.9 Å². The van der Waals surface area contributed by atoms with E-state index in [0.717, 1.165) is 45.0 Å². The van der Waals surface area contributed by atoms with Crippen molar-refractivity contribution in [2.45, 2.75) is 65.1 Å². The Hall–Kier alpha value is -2.84. The van der Waals surface area contributed by atoms with E-state index in [1.807, 2.05) is 6.92 Å². The van der Waals surface area contributed by atoms with E-state index >= 15 is 0 Å². The molecule has 2 aliphatic rings. The van der Waals surface area contributed by atoms with Gasteiger partial charge in [0.1, 0.15) is 18.3 Å². The number of aliphatic hydroxyl groups is 2. The molecule has 3 aromatic heterocycles. The maximum absolute atomic E-state index is 11.0. The van der Waals surface area contributed by atoms with Crippen LogP contribution < -0.4 is 10.6 Å². The van der Waals surface area contributed by atoms with Gasteiger partial charge in [-0.1, -0.05) is 32.9 Å². The summed E-state index contributed by atoms with van der Waals surface area (Å²) >= 11 is 0. The number of ether oxygens (including phenoxy) is 2. The Labute approximate surface area is 227 Å². The van der Waals surface area contributed by atoms with Gasteiger partial charge in [0.25, 0.3) is 0 Å². The third-order valence-corrected chi connectivity index (χ3v) is 7.14. The lowest BCUT2D eigenvalue weighted by atomic mass is 9.92. The molecule has 4 atom stereocenters. The molecule has 0 aliphatic carbocycles. The summed E-state index contributed by atoms with van der Waals surface area (Å²) in [5.41, 5.74) is 1.95. The zero-order chi connectivity index (χ0) is 27.6. The molecule has 2 saturated heterocycles. The number of imidazole rings is 1. The first-order valence-corrected chi connectivity index (χ1v) is 13.7. The van der Waals surface area contributed by atoms with E-state index in [1.165, 1.54) is 0 Å². The van der Waals surface area contributed by atoms with E-state index in [-0.39, 0.29) is 5.41 Å². The van der Waals surface area contributed by atoms with Gasteiger partial charge in [-0.3, -0.25) is 9.47 Å². The van der Waals surface area contributed by atoms with Crippen molar-refractivity contribution in [2.24, 2.45) is 5.41 Å². The van der Waals surface area contributed by atoms with Gasteiger partial charge in [0.2, 0.25) is 5.95 Å². The summed E-state index contributed by atoms with van der Waals surface area (Å²) < 4.78 is 18.6. The van der Waals surface area contributed by atoms with Crippen molar-refractivity contribution in [3.8, 4) is 0 Å². The third kappa shape index (κ3) is 6.33. The van der Waals surface area contributed by atoms with Crippen molar-refractivity contribution in [2.75, 3.05) is 56.6 Å². The summed E-state index contributed by atoms with van der Waals surface area (Å²) in [5.74, 6) is 1.42. The number of fused-ring (bicyclic) bond motifs is 1. The number of hydrogen-bond donors (Lipinski definition) is 4. The zero-order valence-corrected chi connectivity index (χ0v) is 23.1. The predicted molar refractivity (Wildman–Crippen MR) is 144 cm³/mol. The van der Waals surface area contributed by atoms with Crippen LogP contribution in [0, 0.1) is 5.41 Å². The van der Waals surface area contributed by atoms with Crippen LogP contribution in [0.5, 0.6) is 0 Å². The first kappa shape index (κ1) is 27.7. The normalized spacial score (nSPS) is 24.5. The summed E-state index contributed by atoms with van der Waals surface area (Å²) in [6, 6.07) is 1.74. The molecule has 0 aromatic carbocycles. The molecule has 0 radical (unpaired) electrons. The molecule has 2 fully saturated rings. The molecule has 2 aliphatic heterocycles. The van der Waals surface area contributed by atoms with Gasteiger partial charge in [-0.2, -0.15) is 9.97 Å². The number of morpholine rings is 1. The standard InChI is InChI=1S/C26H40N8O5/c1-5-16-14-17(39-32-16)21-19(35)20(36)24(38-21)34-15-29-18-22(27-7-6-26(2,3)4)30-25(31-23(18)34)28-8-9-33-10-12-37-13-11-33/h14-15,19-21,24,35-36H,5-13H2,1-4H3,(H2,27,28,30,31)/t19-,20+,21+,24+/m0/s1. The summed E-state index contributed by atoms with van der Waals surface area (Å²) in [4.78, 5) is 16.4. The van der Waals surface area contributed by atoms with Crippen LogP contribution in [-0.2, 0) is 15.9 Å². The Morgan fingerprint density at radius 2 is 1.87 bits per heavy atom. The van der Waals surface area contributed by atoms with Crippen molar-refractivity contribution < 1.29 is 24.2 Å². The minimum absolute atomic E-state index is 0.156. The van der Waals surface area contributed by atoms with Gasteiger partial charge in [-0.15, -0.1) is 0 Å². The maximum Gasteiger partial charge on any atom is 0.226 e. The molecule has 13 nitrogen and oxygen atoms in total. The van der Waals surface area contributed by atoms with Crippen molar-refractivity contribution in [3.05, 3.63) is 23.8 Å². The summed E-state index contributed by atoms with van der Waals surface area (Å²) in [6.07, 6.45) is -1.04. The summed E-state index contributed by atoms with van der Waals surface area (Å²) in [7, 11) is 0. The number of aliphatic hydroxyl groups excluding tert-OH is 2. The predicted octanol–water partition coefficient (Wildman–Crippen LogP) is 1.96. The van der Waals surface area contributed by atoms with Crippen molar-refractivity contribution in [1.82, 2.24) is 29.6 Å². The van der Waals surface area contributed by atoms with Crippen LogP contribution in [0.4, 0.5) is 11.8 Å². The maximum atomic E-state index is 11.0. The molecule has 4 N–H and O–H groups in total. The van der Waals surface area contributed by atoms with E-state index in [9.17, 15) is 10.2 Å². The summed E-state index contributed by atoms with van der Waals surface area (Å²) in [5, 5.41) is 32.5. The second kappa shape index (κ2) is 11.7. The number of anilines is 2. The molecule has 0 amide bonds. The largest absolute Gasteiger partial charge is 0.387 e. The SMILES string of the molecule is CCc1cc([C@H]2O[C@@H](n3cnc4c(NCCC(C)(C)C)nc(NCCN5CCOCC5)nc43)[C@H](O)[C@@H]2O)on1. The van der Waals surface area contributed by atoms with Crippen LogP contribution >= 0.6 is 0 Å². The minimum Gasteiger partial charge on any atom is -0.387 e. The monoisotopic (exact) mass is 544 g/mol. The fourth-order valence-corrected chi connectivity index (χ4v) is 4.76. The highest BCUT2D eigenvalue weighted by molar-refractivity contribution is 5.84. The van der Waals surface area contributed by atoms with Gasteiger partial charge in [0.05, 0.1) is 25.2 Å². The first-order valence-electron chi connectivity index (χ1n) is 13.7. The Morgan fingerprint density at radius 1 is 1.08 bits per heavy atom. The fourth-order valence-electron chi connectivity index (χ4n) is 4.76. The molecular formula is C26H40N8O5. The van der Waals surface area contributed by atoms with Crippen LogP contribution in [0.2, 0.25) is 0 Å². The Kier molecular flexibility index (Phi) is 8.33. The topological polar surface area (TPSA) is 156 Å². The van der Waals surface area contributed by atoms with E-state index in [2.05, 4.69) is 46.4 Å². The van der Waals surface area contributed by atoms with Gasteiger partial charge >= 0.3 is 0 Å². The lowest BCUT2D eigenvalue weighted by Crippen LogP contribution is -2.39. The number of hydrogen-bond acceptors (Lipinski definition) is 12. The first-order chi connectivity index (χ1) is 18.7. The zero-order valence-electron chi connectivity index (χ0n) is 23.1. The number of aryl methyl sites for hydroxylation is 1. The molecule has 0 bridgehead atoms. The van der Waals surface area contributed by atoms with Gasteiger partial charge in [-0.25, -0.2) is 4.98 Å². The third-order valence-electron chi connectivity index (χ3n) is 7.14. The van der Waals surface area contributed by atoms with Crippen molar-refractivity contribution >= 4 is 22.9 Å². The second-order valence-electron chi connectivity index (χ2n) is 11.3. The second-order valence-corrected chi connectivity index (χ2v) is 11.3. The number of aromatic nitrogens is 5. The highest BCUT2D eigenvalue weighted by Gasteiger charge is 2.47. The Morgan fingerprint density at radius 3 is 2.59 bits per heavy atom. The molecule has 3 aromatic rings. The molecule has 13 heteroatoms. The Balaban J connectivity index is 1.40. The number of nitrogens with zero attached hydrogens (tertiary/aromatic N) is 6. The van der Waals surface area contributed by atoms with E-state index < -0.39 is 24.5 Å². The molecule has 214 valence electrons. The minimum atomic E-state index is -1.23. The average molecular weight is 545 g/mol. The van der Waals surface area contributed by atoms with Gasteiger partial charge in [0.15, 0.2) is 29.0 Å². The fraction of sp³-hybridized carbons (Fsp3) is 0.692. The lowest BCUT2D eigenvalue weighted by molar-refractivity contribution is -0.0434. The molecule has 39 heavy (non-hydrogen) atoms. The quantitative estimate of drug-likeness (QED) is 0.295. The molecule has 5 rings (SSSR count). The number of rotatable bonds is 10. The smallest absolute Gasteiger partial charge is 0.226 e. The lowest BCUT2D eigenvalue weighted by Gasteiger charge is -2.26. The van der Waals surface area contributed by atoms with E-state index in [4.69, 9.17) is 24.0 Å². The highest BCUT2D eigenvalue weighted by Crippen LogP contribution is 2.40. The van der Waals surface area contributed by atoms with Crippen LogP contribution in [0.1, 0.15) is 57.9 Å². The van der Waals surface area contributed by atoms with E-state index in [1.54, 1.807) is 17.0 Å². The van der Waals surface area contributed by atoms with Gasteiger partial charge in [-0.05, 0) is 18.3 Å². The highest BCUT2D eigenvalue weighted by atomic mass is 16.6.